The van der Waals surface area contributed by atoms with Crippen molar-refractivity contribution in [2.75, 3.05) is 31.2 Å². The summed E-state index contributed by atoms with van der Waals surface area (Å²) >= 11 is 21.5. The third kappa shape index (κ3) is 4.54. The molecule has 8 heteroatoms. The van der Waals surface area contributed by atoms with E-state index in [2.05, 4.69) is 40.1 Å². The molecular formula is C23H24Cl3N3OS. The predicted octanol–water partition coefficient (Wildman–Crippen LogP) is 6.08. The van der Waals surface area contributed by atoms with Gasteiger partial charge in [-0.1, -0.05) is 88.6 Å². The Hall–Kier alpha value is -1.08. The number of aromatic nitrogens is 1. The maximum Gasteiger partial charge on any atom is 0.223 e. The van der Waals surface area contributed by atoms with E-state index in [9.17, 15) is 0 Å². The molecule has 3 unspecified atom stereocenters. The van der Waals surface area contributed by atoms with Crippen molar-refractivity contribution in [2.45, 2.75) is 34.8 Å². The molecule has 0 spiro atoms. The number of benzene rings is 2. The van der Waals surface area contributed by atoms with E-state index in [1.807, 2.05) is 24.3 Å². The second kappa shape index (κ2) is 9.05. The van der Waals surface area contributed by atoms with Crippen LogP contribution in [0.2, 0.25) is 0 Å². The summed E-state index contributed by atoms with van der Waals surface area (Å²) in [5.41, 5.74) is 2.28. The first kappa shape index (κ1) is 21.7. The monoisotopic (exact) mass is 495 g/mol. The standard InChI is InChI=1S/C23H24Cl3N3OS/c24-23(25,26)21-28(18-13-17(14-30-15-18)16-7-2-1-3-8-16)11-6-12-29(21)22-27-19-9-4-5-10-20(19)31-22/h1-5,7-10,17-18,21H,6,11-15H2. The van der Waals surface area contributed by atoms with Gasteiger partial charge in [-0.15, -0.1) is 0 Å². The quantitative estimate of drug-likeness (QED) is 0.411. The van der Waals surface area contributed by atoms with Gasteiger partial charge in [0, 0.05) is 25.0 Å². The Balaban J connectivity index is 1.44. The van der Waals surface area contributed by atoms with Gasteiger partial charge in [-0.25, -0.2) is 4.98 Å². The Labute approximate surface area is 201 Å². The number of fused-ring (bicyclic) bond motifs is 1. The van der Waals surface area contributed by atoms with E-state index >= 15 is 0 Å². The van der Waals surface area contributed by atoms with E-state index < -0.39 is 9.96 Å². The third-order valence-corrected chi connectivity index (χ3v) is 7.83. The van der Waals surface area contributed by atoms with Crippen molar-refractivity contribution in [1.82, 2.24) is 9.88 Å². The summed E-state index contributed by atoms with van der Waals surface area (Å²) in [7, 11) is 0. The first-order valence-electron chi connectivity index (χ1n) is 10.6. The minimum absolute atomic E-state index is 0.178. The van der Waals surface area contributed by atoms with Crippen LogP contribution in [0.5, 0.6) is 0 Å². The van der Waals surface area contributed by atoms with Crippen LogP contribution in [0, 0.1) is 0 Å². The van der Waals surface area contributed by atoms with Gasteiger partial charge >= 0.3 is 0 Å². The summed E-state index contributed by atoms with van der Waals surface area (Å²) in [6, 6.07) is 18.9. The normalized spacial score (nSPS) is 25.8. The SMILES string of the molecule is ClC(Cl)(Cl)C1N(c2nc3ccccc3s2)CCCN1C1COCC(c2ccccc2)C1. The van der Waals surface area contributed by atoms with Gasteiger partial charge < -0.3 is 9.64 Å². The summed E-state index contributed by atoms with van der Waals surface area (Å²) in [4.78, 5) is 9.36. The fourth-order valence-electron chi connectivity index (χ4n) is 4.78. The molecule has 0 bridgehead atoms. The minimum Gasteiger partial charge on any atom is -0.379 e. The Morgan fingerprint density at radius 3 is 2.52 bits per heavy atom. The molecule has 0 N–H and O–H groups in total. The molecule has 0 amide bonds. The average molecular weight is 497 g/mol. The second-order valence-corrected chi connectivity index (χ2v) is 11.6. The molecule has 2 fully saturated rings. The minimum atomic E-state index is -1.47. The number of halogens is 3. The van der Waals surface area contributed by atoms with Crippen LogP contribution in [0.3, 0.4) is 0 Å². The molecule has 0 radical (unpaired) electrons. The predicted molar refractivity (Wildman–Crippen MR) is 131 cm³/mol. The average Bonchev–Trinajstić information content (AvgIpc) is 3.23. The fraction of sp³-hybridized carbons (Fsp3) is 0.435. The van der Waals surface area contributed by atoms with Crippen LogP contribution in [0.4, 0.5) is 5.13 Å². The number of anilines is 1. The van der Waals surface area contributed by atoms with Gasteiger partial charge in [0.25, 0.3) is 0 Å². The lowest BCUT2D eigenvalue weighted by Gasteiger charge is -2.51. The molecule has 5 rings (SSSR count). The van der Waals surface area contributed by atoms with E-state index in [0.717, 1.165) is 47.9 Å². The van der Waals surface area contributed by atoms with E-state index in [1.54, 1.807) is 11.3 Å². The number of alkyl halides is 3. The van der Waals surface area contributed by atoms with Crippen molar-refractivity contribution in [3.8, 4) is 0 Å². The highest BCUT2D eigenvalue weighted by Crippen LogP contribution is 2.43. The molecule has 3 aromatic rings. The number of nitrogens with zero attached hydrogens (tertiary/aromatic N) is 3. The number of para-hydroxylation sites is 1. The lowest BCUT2D eigenvalue weighted by atomic mass is 9.90. The summed E-state index contributed by atoms with van der Waals surface area (Å²) < 4.78 is 5.72. The van der Waals surface area contributed by atoms with Gasteiger partial charge in [-0.2, -0.15) is 0 Å². The van der Waals surface area contributed by atoms with Crippen LogP contribution >= 0.6 is 46.1 Å². The van der Waals surface area contributed by atoms with Crippen molar-refractivity contribution in [3.63, 3.8) is 0 Å². The zero-order valence-corrected chi connectivity index (χ0v) is 20.0. The van der Waals surface area contributed by atoms with Crippen molar-refractivity contribution in [2.24, 2.45) is 0 Å². The Morgan fingerprint density at radius 2 is 1.74 bits per heavy atom. The largest absolute Gasteiger partial charge is 0.379 e. The highest BCUT2D eigenvalue weighted by atomic mass is 35.6. The van der Waals surface area contributed by atoms with Crippen molar-refractivity contribution < 1.29 is 4.74 Å². The summed E-state index contributed by atoms with van der Waals surface area (Å²) in [6.07, 6.45) is 1.57. The molecule has 4 nitrogen and oxygen atoms in total. The molecule has 2 aromatic carbocycles. The summed E-state index contributed by atoms with van der Waals surface area (Å²) in [5, 5.41) is 0.901. The molecule has 3 heterocycles. The van der Waals surface area contributed by atoms with Crippen molar-refractivity contribution >= 4 is 61.5 Å². The van der Waals surface area contributed by atoms with Gasteiger partial charge in [-0.3, -0.25) is 4.90 Å². The number of ether oxygens (including phenoxy) is 1. The number of rotatable bonds is 3. The van der Waals surface area contributed by atoms with E-state index in [0.29, 0.717) is 12.5 Å². The topological polar surface area (TPSA) is 28.6 Å². The van der Waals surface area contributed by atoms with Crippen molar-refractivity contribution in [1.29, 1.82) is 0 Å². The third-order valence-electron chi connectivity index (χ3n) is 6.17. The maximum atomic E-state index is 6.61. The van der Waals surface area contributed by atoms with Gasteiger partial charge in [0.1, 0.15) is 6.17 Å². The van der Waals surface area contributed by atoms with Crippen molar-refractivity contribution in [3.05, 3.63) is 60.2 Å². The summed E-state index contributed by atoms with van der Waals surface area (Å²) in [6.45, 7) is 3.06. The Morgan fingerprint density at radius 1 is 0.968 bits per heavy atom. The molecule has 2 aliphatic rings. The Bertz CT molecular complexity index is 993. The van der Waals surface area contributed by atoms with Crippen LogP contribution in [0.15, 0.2) is 54.6 Å². The fourth-order valence-corrected chi connectivity index (χ4v) is 6.52. The lowest BCUT2D eigenvalue weighted by Crippen LogP contribution is -2.64. The highest BCUT2D eigenvalue weighted by Gasteiger charge is 2.47. The molecule has 2 saturated heterocycles. The number of hydrogen-bond acceptors (Lipinski definition) is 5. The molecule has 164 valence electrons. The van der Waals surface area contributed by atoms with Crippen LogP contribution in [-0.2, 0) is 4.74 Å². The smallest absolute Gasteiger partial charge is 0.223 e. The Kier molecular flexibility index (Phi) is 6.35. The molecule has 1 aromatic heterocycles. The van der Waals surface area contributed by atoms with E-state index in [1.165, 1.54) is 5.56 Å². The second-order valence-electron chi connectivity index (χ2n) is 8.20. The number of hydrogen-bond donors (Lipinski definition) is 0. The van der Waals surface area contributed by atoms with E-state index in [4.69, 9.17) is 44.5 Å². The number of thiazole rings is 1. The zero-order valence-electron chi connectivity index (χ0n) is 17.0. The molecule has 0 aliphatic carbocycles. The first-order valence-corrected chi connectivity index (χ1v) is 12.5. The van der Waals surface area contributed by atoms with Gasteiger partial charge in [0.2, 0.25) is 3.79 Å². The molecule has 31 heavy (non-hydrogen) atoms. The van der Waals surface area contributed by atoms with E-state index in [-0.39, 0.29) is 6.04 Å². The maximum absolute atomic E-state index is 6.61. The lowest BCUT2D eigenvalue weighted by molar-refractivity contribution is -0.0176. The molecule has 0 saturated carbocycles. The van der Waals surface area contributed by atoms with Crippen LogP contribution in [0.25, 0.3) is 10.2 Å². The van der Waals surface area contributed by atoms with Gasteiger partial charge in [0.15, 0.2) is 5.13 Å². The molecular weight excluding hydrogens is 473 g/mol. The molecule has 3 atom stereocenters. The highest BCUT2D eigenvalue weighted by molar-refractivity contribution is 7.22. The van der Waals surface area contributed by atoms with Gasteiger partial charge in [-0.05, 0) is 30.5 Å². The van der Waals surface area contributed by atoms with Crippen LogP contribution in [0.1, 0.15) is 24.3 Å². The van der Waals surface area contributed by atoms with Crippen LogP contribution in [-0.4, -0.2) is 52.2 Å². The van der Waals surface area contributed by atoms with Crippen LogP contribution < -0.4 is 4.90 Å². The first-order chi connectivity index (χ1) is 15.0. The molecule has 2 aliphatic heterocycles. The van der Waals surface area contributed by atoms with Gasteiger partial charge in [0.05, 0.1) is 23.4 Å². The zero-order chi connectivity index (χ0) is 21.4. The summed E-state index contributed by atoms with van der Waals surface area (Å²) in [5.74, 6) is 0.341.